The predicted molar refractivity (Wildman–Crippen MR) is 91.4 cm³/mol. The van der Waals surface area contributed by atoms with Gasteiger partial charge in [0, 0.05) is 23.9 Å². The topological polar surface area (TPSA) is 58.6 Å². The van der Waals surface area contributed by atoms with Crippen molar-refractivity contribution >= 4 is 23.3 Å². The summed E-state index contributed by atoms with van der Waals surface area (Å²) in [6.07, 6.45) is 1.08. The van der Waals surface area contributed by atoms with Gasteiger partial charge in [0.2, 0.25) is 5.91 Å². The SMILES string of the molecule is CC(NC(=O)C1CCN(C(=O)OC(C)(C)C)CC1)c1cccs1. The number of rotatable bonds is 3. The Bertz CT molecular complexity index is 529. The highest BCUT2D eigenvalue weighted by Gasteiger charge is 2.30. The third kappa shape index (κ3) is 5.23. The molecule has 5 nitrogen and oxygen atoms in total. The van der Waals surface area contributed by atoms with E-state index in [0.717, 1.165) is 4.88 Å². The van der Waals surface area contributed by atoms with Gasteiger partial charge in [0.15, 0.2) is 0 Å². The van der Waals surface area contributed by atoms with Crippen molar-refractivity contribution in [2.24, 2.45) is 5.92 Å². The Kier molecular flexibility index (Phi) is 5.68. The fraction of sp³-hybridized carbons (Fsp3) is 0.647. The summed E-state index contributed by atoms with van der Waals surface area (Å²) >= 11 is 1.65. The molecule has 1 atom stereocenters. The van der Waals surface area contributed by atoms with Gasteiger partial charge >= 0.3 is 6.09 Å². The van der Waals surface area contributed by atoms with Gasteiger partial charge in [-0.25, -0.2) is 4.79 Å². The molecule has 1 saturated heterocycles. The highest BCUT2D eigenvalue weighted by Crippen LogP contribution is 2.23. The van der Waals surface area contributed by atoms with Crippen LogP contribution < -0.4 is 5.32 Å². The summed E-state index contributed by atoms with van der Waals surface area (Å²) in [6.45, 7) is 8.71. The number of hydrogen-bond acceptors (Lipinski definition) is 4. The number of thiophene rings is 1. The minimum atomic E-state index is -0.485. The van der Waals surface area contributed by atoms with E-state index in [4.69, 9.17) is 4.74 Å². The van der Waals surface area contributed by atoms with Crippen molar-refractivity contribution in [3.05, 3.63) is 22.4 Å². The van der Waals surface area contributed by atoms with Crippen LogP contribution >= 0.6 is 11.3 Å². The molecule has 1 N–H and O–H groups in total. The zero-order valence-corrected chi connectivity index (χ0v) is 15.1. The number of amides is 2. The van der Waals surface area contributed by atoms with Crippen LogP contribution in [0.1, 0.15) is 51.5 Å². The van der Waals surface area contributed by atoms with E-state index in [1.807, 2.05) is 45.2 Å². The Labute approximate surface area is 142 Å². The quantitative estimate of drug-likeness (QED) is 0.916. The third-order valence-corrected chi connectivity index (χ3v) is 4.90. The van der Waals surface area contributed by atoms with Crippen LogP contribution in [0.2, 0.25) is 0 Å². The van der Waals surface area contributed by atoms with E-state index in [0.29, 0.717) is 25.9 Å². The second-order valence-electron chi connectivity index (χ2n) is 6.99. The summed E-state index contributed by atoms with van der Waals surface area (Å²) in [4.78, 5) is 27.2. The van der Waals surface area contributed by atoms with Crippen LogP contribution in [0.3, 0.4) is 0 Å². The lowest BCUT2D eigenvalue weighted by Crippen LogP contribution is -2.45. The molecule has 2 rings (SSSR count). The number of nitrogens with zero attached hydrogens (tertiary/aromatic N) is 1. The van der Waals surface area contributed by atoms with E-state index in [2.05, 4.69) is 5.32 Å². The molecule has 6 heteroatoms. The highest BCUT2D eigenvalue weighted by molar-refractivity contribution is 7.10. The molecule has 2 heterocycles. The molecule has 0 aliphatic carbocycles. The molecule has 128 valence electrons. The second-order valence-corrected chi connectivity index (χ2v) is 7.97. The van der Waals surface area contributed by atoms with E-state index in [-0.39, 0.29) is 24.0 Å². The van der Waals surface area contributed by atoms with Gasteiger partial charge in [-0.1, -0.05) is 6.07 Å². The number of nitrogens with one attached hydrogen (secondary N) is 1. The van der Waals surface area contributed by atoms with Crippen LogP contribution in [0.25, 0.3) is 0 Å². The number of carbonyl (C=O) groups is 2. The lowest BCUT2D eigenvalue weighted by Gasteiger charge is -2.33. The summed E-state index contributed by atoms with van der Waals surface area (Å²) in [5.41, 5.74) is -0.485. The minimum Gasteiger partial charge on any atom is -0.444 e. The Morgan fingerprint density at radius 2 is 2.00 bits per heavy atom. The van der Waals surface area contributed by atoms with Crippen LogP contribution in [0, 0.1) is 5.92 Å². The molecule has 1 unspecified atom stereocenters. The largest absolute Gasteiger partial charge is 0.444 e. The number of likely N-dealkylation sites (tertiary alicyclic amines) is 1. The van der Waals surface area contributed by atoms with Gasteiger partial charge in [-0.2, -0.15) is 0 Å². The maximum Gasteiger partial charge on any atom is 0.410 e. The van der Waals surface area contributed by atoms with E-state index in [9.17, 15) is 9.59 Å². The first-order chi connectivity index (χ1) is 10.8. The molecule has 0 bridgehead atoms. The van der Waals surface area contributed by atoms with E-state index >= 15 is 0 Å². The first-order valence-corrected chi connectivity index (χ1v) is 8.96. The zero-order chi connectivity index (χ0) is 17.0. The van der Waals surface area contributed by atoms with Crippen molar-refractivity contribution in [2.45, 2.75) is 52.2 Å². The van der Waals surface area contributed by atoms with Crippen molar-refractivity contribution in [3.63, 3.8) is 0 Å². The van der Waals surface area contributed by atoms with Gasteiger partial charge in [-0.05, 0) is 52.0 Å². The maximum atomic E-state index is 12.4. The Morgan fingerprint density at radius 3 is 2.52 bits per heavy atom. The van der Waals surface area contributed by atoms with Gasteiger partial charge in [-0.3, -0.25) is 4.79 Å². The molecule has 23 heavy (non-hydrogen) atoms. The first-order valence-electron chi connectivity index (χ1n) is 8.08. The normalized spacial score (nSPS) is 17.7. The molecule has 0 aromatic carbocycles. The van der Waals surface area contributed by atoms with E-state index < -0.39 is 5.60 Å². The monoisotopic (exact) mass is 338 g/mol. The molecule has 0 radical (unpaired) electrons. The number of hydrogen-bond donors (Lipinski definition) is 1. The van der Waals surface area contributed by atoms with Crippen LogP contribution in [-0.4, -0.2) is 35.6 Å². The molecular weight excluding hydrogens is 312 g/mol. The average Bonchev–Trinajstić information content (AvgIpc) is 3.00. The fourth-order valence-corrected chi connectivity index (χ4v) is 3.33. The van der Waals surface area contributed by atoms with Gasteiger partial charge in [-0.15, -0.1) is 11.3 Å². The van der Waals surface area contributed by atoms with Gasteiger partial charge in [0.25, 0.3) is 0 Å². The molecule has 2 amide bonds. The molecule has 1 aliphatic rings. The van der Waals surface area contributed by atoms with Crippen molar-refractivity contribution in [1.29, 1.82) is 0 Å². The lowest BCUT2D eigenvalue weighted by molar-refractivity contribution is -0.127. The van der Waals surface area contributed by atoms with Gasteiger partial charge in [0.05, 0.1) is 6.04 Å². The van der Waals surface area contributed by atoms with Crippen molar-refractivity contribution in [2.75, 3.05) is 13.1 Å². The number of piperidine rings is 1. The molecule has 0 spiro atoms. The first kappa shape index (κ1) is 17.8. The van der Waals surface area contributed by atoms with Crippen LogP contribution in [0.15, 0.2) is 17.5 Å². The fourth-order valence-electron chi connectivity index (χ4n) is 2.59. The zero-order valence-electron chi connectivity index (χ0n) is 14.3. The average molecular weight is 338 g/mol. The van der Waals surface area contributed by atoms with Crippen molar-refractivity contribution in [3.8, 4) is 0 Å². The van der Waals surface area contributed by atoms with Crippen LogP contribution in [-0.2, 0) is 9.53 Å². The Balaban J connectivity index is 1.79. The molecule has 1 aliphatic heterocycles. The second kappa shape index (κ2) is 7.34. The van der Waals surface area contributed by atoms with E-state index in [1.54, 1.807) is 16.2 Å². The number of carbonyl (C=O) groups excluding carboxylic acids is 2. The molecular formula is C17H26N2O3S. The van der Waals surface area contributed by atoms with Gasteiger partial charge < -0.3 is 15.0 Å². The van der Waals surface area contributed by atoms with Crippen molar-refractivity contribution < 1.29 is 14.3 Å². The van der Waals surface area contributed by atoms with Crippen LogP contribution in [0.5, 0.6) is 0 Å². The van der Waals surface area contributed by atoms with Crippen LogP contribution in [0.4, 0.5) is 4.79 Å². The molecule has 1 fully saturated rings. The summed E-state index contributed by atoms with van der Waals surface area (Å²) < 4.78 is 5.37. The standard InChI is InChI=1S/C17H26N2O3S/c1-12(14-6-5-11-23-14)18-15(20)13-7-9-19(10-8-13)16(21)22-17(2,3)4/h5-6,11-13H,7-10H2,1-4H3,(H,18,20). The smallest absolute Gasteiger partial charge is 0.410 e. The lowest BCUT2D eigenvalue weighted by atomic mass is 9.96. The van der Waals surface area contributed by atoms with E-state index in [1.165, 1.54) is 0 Å². The van der Waals surface area contributed by atoms with Crippen molar-refractivity contribution in [1.82, 2.24) is 10.2 Å². The minimum absolute atomic E-state index is 0.0314. The summed E-state index contributed by atoms with van der Waals surface area (Å²) in [5, 5.41) is 5.08. The maximum absolute atomic E-state index is 12.4. The molecule has 0 saturated carbocycles. The Hall–Kier alpha value is -1.56. The highest BCUT2D eigenvalue weighted by atomic mass is 32.1. The Morgan fingerprint density at radius 1 is 1.35 bits per heavy atom. The summed E-state index contributed by atoms with van der Waals surface area (Å²) in [5.74, 6) is 0.0471. The summed E-state index contributed by atoms with van der Waals surface area (Å²) in [7, 11) is 0. The number of ether oxygens (including phenoxy) is 1. The predicted octanol–water partition coefficient (Wildman–Crippen LogP) is 3.57. The molecule has 1 aromatic rings. The molecule has 1 aromatic heterocycles. The third-order valence-electron chi connectivity index (χ3n) is 3.85. The van der Waals surface area contributed by atoms with Gasteiger partial charge in [0.1, 0.15) is 5.60 Å². The summed E-state index contributed by atoms with van der Waals surface area (Å²) in [6, 6.07) is 4.05.